The molecule has 1 fully saturated rings. The molecule has 0 heterocycles. The summed E-state index contributed by atoms with van der Waals surface area (Å²) in [5.74, 6) is -0.267. The van der Waals surface area contributed by atoms with Gasteiger partial charge >= 0.3 is 0 Å². The Morgan fingerprint density at radius 3 is 2.59 bits per heavy atom. The highest BCUT2D eigenvalue weighted by Gasteiger charge is 2.27. The van der Waals surface area contributed by atoms with E-state index in [1.807, 2.05) is 18.2 Å². The summed E-state index contributed by atoms with van der Waals surface area (Å²) < 4.78 is 32.0. The number of carbonyl (C=O) groups excluding carboxylic acids is 1. The van der Waals surface area contributed by atoms with E-state index in [4.69, 9.17) is 4.74 Å². The number of amides is 1. The fraction of sp³-hybridized carbons (Fsp3) is 0.250. The van der Waals surface area contributed by atoms with Crippen molar-refractivity contribution in [2.45, 2.75) is 30.4 Å². The zero-order valence-electron chi connectivity index (χ0n) is 15.0. The molecular weight excluding hydrogens is 364 g/mol. The average molecular weight is 386 g/mol. The van der Waals surface area contributed by atoms with Crippen molar-refractivity contribution >= 4 is 27.7 Å². The van der Waals surface area contributed by atoms with Gasteiger partial charge in [0.05, 0.1) is 11.5 Å². The van der Waals surface area contributed by atoms with E-state index in [0.29, 0.717) is 12.3 Å². The molecule has 6 nitrogen and oxygen atoms in total. The summed E-state index contributed by atoms with van der Waals surface area (Å²) in [6.07, 6.45) is 4.83. The molecule has 3 rings (SSSR count). The largest absolute Gasteiger partial charge is 0.380 e. The Morgan fingerprint density at radius 1 is 1.19 bits per heavy atom. The Hall–Kier alpha value is -2.48. The van der Waals surface area contributed by atoms with Gasteiger partial charge in [-0.15, -0.1) is 0 Å². The molecular formula is C20H22N2O4S. The van der Waals surface area contributed by atoms with E-state index in [1.165, 1.54) is 18.2 Å². The summed E-state index contributed by atoms with van der Waals surface area (Å²) >= 11 is 0. The van der Waals surface area contributed by atoms with E-state index < -0.39 is 10.0 Å². The first-order valence-electron chi connectivity index (χ1n) is 8.65. The van der Waals surface area contributed by atoms with Crippen molar-refractivity contribution in [3.63, 3.8) is 0 Å². The van der Waals surface area contributed by atoms with Crippen molar-refractivity contribution < 1.29 is 17.9 Å². The number of hydrogen-bond donors (Lipinski definition) is 2. The molecule has 1 saturated carbocycles. The molecule has 0 aromatic heterocycles. The summed E-state index contributed by atoms with van der Waals surface area (Å²) in [6.45, 7) is 0.477. The molecule has 0 unspecified atom stereocenters. The smallest absolute Gasteiger partial charge is 0.248 e. The van der Waals surface area contributed by atoms with Crippen LogP contribution in [0, 0.1) is 0 Å². The van der Waals surface area contributed by atoms with E-state index in [1.54, 1.807) is 31.4 Å². The van der Waals surface area contributed by atoms with Crippen molar-refractivity contribution in [2.24, 2.45) is 0 Å². The molecule has 1 aliphatic rings. The van der Waals surface area contributed by atoms with Gasteiger partial charge in [0.15, 0.2) is 0 Å². The number of rotatable bonds is 8. The Morgan fingerprint density at radius 2 is 1.93 bits per heavy atom. The third kappa shape index (κ3) is 5.75. The molecule has 142 valence electrons. The maximum Gasteiger partial charge on any atom is 0.248 e. The van der Waals surface area contributed by atoms with Crippen LogP contribution >= 0.6 is 0 Å². The molecule has 0 radical (unpaired) electrons. The third-order valence-corrected chi connectivity index (χ3v) is 5.56. The van der Waals surface area contributed by atoms with Gasteiger partial charge in [0.2, 0.25) is 15.9 Å². The van der Waals surface area contributed by atoms with Gasteiger partial charge in [-0.1, -0.05) is 24.3 Å². The van der Waals surface area contributed by atoms with Gasteiger partial charge in [0, 0.05) is 24.9 Å². The van der Waals surface area contributed by atoms with Crippen LogP contribution in [0.15, 0.2) is 59.5 Å². The zero-order chi connectivity index (χ0) is 19.3. The molecule has 2 aromatic rings. The van der Waals surface area contributed by atoms with E-state index in [0.717, 1.165) is 24.0 Å². The van der Waals surface area contributed by atoms with Crippen LogP contribution in [0.4, 0.5) is 5.69 Å². The lowest BCUT2D eigenvalue weighted by molar-refractivity contribution is -0.111. The molecule has 0 bridgehead atoms. The van der Waals surface area contributed by atoms with Crippen LogP contribution in [0.1, 0.15) is 24.0 Å². The van der Waals surface area contributed by atoms with Crippen LogP contribution in [0.2, 0.25) is 0 Å². The minimum Gasteiger partial charge on any atom is -0.380 e. The Bertz CT molecular complexity index is 933. The topological polar surface area (TPSA) is 84.5 Å². The summed E-state index contributed by atoms with van der Waals surface area (Å²) in [5.41, 5.74) is 2.39. The number of anilines is 1. The van der Waals surface area contributed by atoms with E-state index in [9.17, 15) is 13.2 Å². The molecule has 7 heteroatoms. The Labute approximate surface area is 159 Å². The SMILES string of the molecule is COCc1cccc(NC(=O)/C=C/c2ccc(S(=O)(=O)NC3CC3)cc2)c1. The van der Waals surface area contributed by atoms with E-state index in [-0.39, 0.29) is 16.8 Å². The monoisotopic (exact) mass is 386 g/mol. The quantitative estimate of drug-likeness (QED) is 0.683. The van der Waals surface area contributed by atoms with Crippen molar-refractivity contribution in [2.75, 3.05) is 12.4 Å². The zero-order valence-corrected chi connectivity index (χ0v) is 15.8. The highest BCUT2D eigenvalue weighted by molar-refractivity contribution is 7.89. The van der Waals surface area contributed by atoms with Gasteiger partial charge in [0.25, 0.3) is 0 Å². The predicted molar refractivity (Wildman–Crippen MR) is 105 cm³/mol. The average Bonchev–Trinajstić information content (AvgIpc) is 3.44. The normalized spacial score (nSPS) is 14.4. The molecule has 2 N–H and O–H groups in total. The minimum absolute atomic E-state index is 0.0701. The summed E-state index contributed by atoms with van der Waals surface area (Å²) in [4.78, 5) is 12.3. The molecule has 0 aliphatic heterocycles. The second kappa shape index (κ2) is 8.47. The van der Waals surface area contributed by atoms with Crippen LogP contribution < -0.4 is 10.0 Å². The fourth-order valence-corrected chi connectivity index (χ4v) is 3.81. The van der Waals surface area contributed by atoms with Crippen LogP contribution in [0.5, 0.6) is 0 Å². The van der Waals surface area contributed by atoms with Gasteiger partial charge in [-0.3, -0.25) is 4.79 Å². The molecule has 0 spiro atoms. The van der Waals surface area contributed by atoms with Gasteiger partial charge in [-0.25, -0.2) is 13.1 Å². The van der Waals surface area contributed by atoms with Crippen LogP contribution in [0.25, 0.3) is 6.08 Å². The number of methoxy groups -OCH3 is 1. The molecule has 1 amide bonds. The highest BCUT2D eigenvalue weighted by Crippen LogP contribution is 2.22. The fourth-order valence-electron chi connectivity index (χ4n) is 2.51. The Kier molecular flexibility index (Phi) is 6.05. The van der Waals surface area contributed by atoms with Crippen LogP contribution in [0.3, 0.4) is 0 Å². The molecule has 0 atom stereocenters. The number of benzene rings is 2. The van der Waals surface area contributed by atoms with Gasteiger partial charge < -0.3 is 10.1 Å². The maximum atomic E-state index is 12.1. The van der Waals surface area contributed by atoms with Crippen molar-refractivity contribution in [1.82, 2.24) is 4.72 Å². The first-order chi connectivity index (χ1) is 13.0. The number of sulfonamides is 1. The maximum absolute atomic E-state index is 12.1. The standard InChI is InChI=1S/C20H22N2O4S/c1-26-14-16-3-2-4-18(13-16)21-20(23)12-7-15-5-10-19(11-6-15)27(24,25)22-17-8-9-17/h2-7,10-13,17,22H,8-9,14H2,1H3,(H,21,23)/b12-7+. The van der Waals surface area contributed by atoms with Crippen LogP contribution in [-0.4, -0.2) is 27.5 Å². The summed E-state index contributed by atoms with van der Waals surface area (Å²) in [5, 5.41) is 2.79. The highest BCUT2D eigenvalue weighted by atomic mass is 32.2. The van der Waals surface area contributed by atoms with Crippen molar-refractivity contribution in [3.8, 4) is 0 Å². The first-order valence-corrected chi connectivity index (χ1v) is 10.1. The number of hydrogen-bond acceptors (Lipinski definition) is 4. The van der Waals surface area contributed by atoms with Crippen molar-refractivity contribution in [3.05, 3.63) is 65.7 Å². The lowest BCUT2D eigenvalue weighted by Gasteiger charge is -2.06. The van der Waals surface area contributed by atoms with Gasteiger partial charge in [-0.05, 0) is 54.3 Å². The van der Waals surface area contributed by atoms with Gasteiger partial charge in [-0.2, -0.15) is 0 Å². The van der Waals surface area contributed by atoms with Gasteiger partial charge in [0.1, 0.15) is 0 Å². The minimum atomic E-state index is -3.46. The Balaban J connectivity index is 1.60. The van der Waals surface area contributed by atoms with E-state index in [2.05, 4.69) is 10.0 Å². The molecule has 0 saturated heterocycles. The molecule has 2 aromatic carbocycles. The first kappa shape index (κ1) is 19.3. The lowest BCUT2D eigenvalue weighted by Crippen LogP contribution is -2.25. The predicted octanol–water partition coefficient (Wildman–Crippen LogP) is 2.93. The second-order valence-electron chi connectivity index (χ2n) is 6.42. The third-order valence-electron chi connectivity index (χ3n) is 4.02. The van der Waals surface area contributed by atoms with Crippen LogP contribution in [-0.2, 0) is 26.2 Å². The number of nitrogens with one attached hydrogen (secondary N) is 2. The summed E-state index contributed by atoms with van der Waals surface area (Å²) in [7, 11) is -1.84. The lowest BCUT2D eigenvalue weighted by atomic mass is 10.2. The van der Waals surface area contributed by atoms with Crippen molar-refractivity contribution in [1.29, 1.82) is 0 Å². The number of ether oxygens (including phenoxy) is 1. The number of carbonyl (C=O) groups is 1. The second-order valence-corrected chi connectivity index (χ2v) is 8.13. The molecule has 1 aliphatic carbocycles. The summed E-state index contributed by atoms with van der Waals surface area (Å²) in [6, 6.07) is 13.9. The van der Waals surface area contributed by atoms with E-state index >= 15 is 0 Å². The molecule has 27 heavy (non-hydrogen) atoms.